The zero-order chi connectivity index (χ0) is 15.8. The van der Waals surface area contributed by atoms with Crippen LogP contribution in [-0.4, -0.2) is 56.7 Å². The lowest BCUT2D eigenvalue weighted by Gasteiger charge is -2.32. The molecule has 1 aromatic rings. The van der Waals surface area contributed by atoms with Gasteiger partial charge in [0, 0.05) is 39.1 Å². The van der Waals surface area contributed by atoms with E-state index in [1.165, 1.54) is 5.56 Å². The van der Waals surface area contributed by atoms with E-state index in [9.17, 15) is 0 Å². The van der Waals surface area contributed by atoms with Crippen molar-refractivity contribution in [3.63, 3.8) is 0 Å². The van der Waals surface area contributed by atoms with Gasteiger partial charge < -0.3 is 14.4 Å². The minimum absolute atomic E-state index is 0.623. The second kappa shape index (κ2) is 8.67. The third-order valence-corrected chi connectivity index (χ3v) is 3.95. The van der Waals surface area contributed by atoms with E-state index in [4.69, 9.17) is 15.9 Å². The number of rotatable bonds is 7. The molecule has 1 aliphatic heterocycles. The van der Waals surface area contributed by atoms with E-state index in [0.29, 0.717) is 6.61 Å². The van der Waals surface area contributed by atoms with Crippen molar-refractivity contribution in [1.29, 1.82) is 0 Å². The highest BCUT2D eigenvalue weighted by molar-refractivity contribution is 5.43. The molecule has 0 bridgehead atoms. The fourth-order valence-electron chi connectivity index (χ4n) is 2.55. The first kappa shape index (κ1) is 16.7. The molecule has 0 spiro atoms. The zero-order valence-corrected chi connectivity index (χ0v) is 13.7. The van der Waals surface area contributed by atoms with Gasteiger partial charge in [-0.2, -0.15) is 0 Å². The Balaban J connectivity index is 1.92. The molecule has 0 aliphatic carbocycles. The number of hydrogen-bond donors (Lipinski definition) is 0. The smallest absolute Gasteiger partial charge is 0.161 e. The monoisotopic (exact) mass is 302 g/mol. The number of nitrogens with zero attached hydrogens (tertiary/aromatic N) is 2. The lowest BCUT2D eigenvalue weighted by molar-refractivity contribution is 0.148. The van der Waals surface area contributed by atoms with Gasteiger partial charge in [0.2, 0.25) is 0 Å². The summed E-state index contributed by atoms with van der Waals surface area (Å²) in [5.41, 5.74) is 1.26. The Labute approximate surface area is 134 Å². The number of likely N-dealkylation sites (N-methyl/N-ethyl adjacent to an activating group) is 1. The molecular weight excluding hydrogens is 276 g/mol. The van der Waals surface area contributed by atoms with Gasteiger partial charge in [0.25, 0.3) is 0 Å². The molecular formula is C18H26N2O2. The molecule has 0 amide bonds. The van der Waals surface area contributed by atoms with Crippen LogP contribution in [0.1, 0.15) is 18.4 Å². The van der Waals surface area contributed by atoms with E-state index in [0.717, 1.165) is 57.1 Å². The van der Waals surface area contributed by atoms with Gasteiger partial charge in [0.15, 0.2) is 11.5 Å². The van der Waals surface area contributed by atoms with Crippen LogP contribution in [0.15, 0.2) is 18.2 Å². The fourth-order valence-corrected chi connectivity index (χ4v) is 2.55. The highest BCUT2D eigenvalue weighted by atomic mass is 16.5. The molecule has 0 radical (unpaired) electrons. The summed E-state index contributed by atoms with van der Waals surface area (Å²) < 4.78 is 11.2. The lowest BCUT2D eigenvalue weighted by Crippen LogP contribution is -2.43. The maximum absolute atomic E-state index is 5.75. The second-order valence-corrected chi connectivity index (χ2v) is 5.72. The van der Waals surface area contributed by atoms with Crippen molar-refractivity contribution in [3.05, 3.63) is 23.8 Å². The van der Waals surface area contributed by atoms with Crippen LogP contribution >= 0.6 is 0 Å². The number of benzene rings is 1. The van der Waals surface area contributed by atoms with E-state index in [1.54, 1.807) is 7.11 Å². The minimum Gasteiger partial charge on any atom is -0.493 e. The molecule has 1 aliphatic rings. The third kappa shape index (κ3) is 4.94. The Morgan fingerprint density at radius 2 is 1.95 bits per heavy atom. The summed E-state index contributed by atoms with van der Waals surface area (Å²) in [6, 6.07) is 6.20. The third-order valence-electron chi connectivity index (χ3n) is 3.95. The van der Waals surface area contributed by atoms with E-state index in [1.807, 2.05) is 6.07 Å². The van der Waals surface area contributed by atoms with Crippen LogP contribution in [0.5, 0.6) is 11.5 Å². The quantitative estimate of drug-likeness (QED) is 0.570. The standard InChI is InChI=1S/C18H26N2O2/c1-4-5-6-13-22-17-8-7-16(14-18(17)21-3)15-20-11-9-19(2)10-12-20/h1,7-8,14H,5-6,9-13,15H2,2-3H3. The van der Waals surface area contributed by atoms with Gasteiger partial charge >= 0.3 is 0 Å². The summed E-state index contributed by atoms with van der Waals surface area (Å²) in [7, 11) is 3.86. The Kier molecular flexibility index (Phi) is 6.57. The molecule has 1 fully saturated rings. The van der Waals surface area contributed by atoms with Crippen molar-refractivity contribution in [1.82, 2.24) is 9.80 Å². The fraction of sp³-hybridized carbons (Fsp3) is 0.556. The predicted molar refractivity (Wildman–Crippen MR) is 89.3 cm³/mol. The van der Waals surface area contributed by atoms with Gasteiger partial charge in [-0.05, 0) is 31.2 Å². The maximum atomic E-state index is 5.75. The van der Waals surface area contributed by atoms with Crippen LogP contribution in [0.25, 0.3) is 0 Å². The van der Waals surface area contributed by atoms with Crippen LogP contribution < -0.4 is 9.47 Å². The molecule has 2 rings (SSSR count). The summed E-state index contributed by atoms with van der Waals surface area (Å²) in [6.45, 7) is 6.08. The van der Waals surface area contributed by atoms with Gasteiger partial charge in [0.05, 0.1) is 13.7 Å². The zero-order valence-electron chi connectivity index (χ0n) is 13.7. The molecule has 1 saturated heterocycles. The van der Waals surface area contributed by atoms with Crippen molar-refractivity contribution in [2.45, 2.75) is 19.4 Å². The second-order valence-electron chi connectivity index (χ2n) is 5.72. The van der Waals surface area contributed by atoms with Crippen LogP contribution in [0.2, 0.25) is 0 Å². The molecule has 22 heavy (non-hydrogen) atoms. The van der Waals surface area contributed by atoms with E-state index in [2.05, 4.69) is 34.9 Å². The number of methoxy groups -OCH3 is 1. The molecule has 1 heterocycles. The molecule has 0 saturated carbocycles. The first-order valence-electron chi connectivity index (χ1n) is 7.87. The summed E-state index contributed by atoms with van der Waals surface area (Å²) in [5.74, 6) is 4.21. The van der Waals surface area contributed by atoms with Crippen LogP contribution in [0.4, 0.5) is 0 Å². The Morgan fingerprint density at radius 3 is 2.64 bits per heavy atom. The normalized spacial score (nSPS) is 16.2. The lowest BCUT2D eigenvalue weighted by atomic mass is 10.1. The molecule has 4 heteroatoms. The molecule has 0 atom stereocenters. The van der Waals surface area contributed by atoms with Gasteiger partial charge in [-0.25, -0.2) is 0 Å². The topological polar surface area (TPSA) is 24.9 Å². The summed E-state index contributed by atoms with van der Waals surface area (Å²) >= 11 is 0. The molecule has 0 unspecified atom stereocenters. The van der Waals surface area contributed by atoms with E-state index < -0.39 is 0 Å². The van der Waals surface area contributed by atoms with E-state index in [-0.39, 0.29) is 0 Å². The van der Waals surface area contributed by atoms with Gasteiger partial charge in [-0.3, -0.25) is 4.90 Å². The Morgan fingerprint density at radius 1 is 1.18 bits per heavy atom. The number of terminal acetylenes is 1. The van der Waals surface area contributed by atoms with Crippen molar-refractivity contribution >= 4 is 0 Å². The SMILES string of the molecule is C#CCCCOc1ccc(CN2CCN(C)CC2)cc1OC. The molecule has 0 aromatic heterocycles. The van der Waals surface area contributed by atoms with Gasteiger partial charge in [0.1, 0.15) is 0 Å². The van der Waals surface area contributed by atoms with Crippen molar-refractivity contribution in [2.75, 3.05) is 46.9 Å². The van der Waals surface area contributed by atoms with Gasteiger partial charge in [-0.15, -0.1) is 12.3 Å². The molecule has 120 valence electrons. The van der Waals surface area contributed by atoms with E-state index >= 15 is 0 Å². The summed E-state index contributed by atoms with van der Waals surface area (Å²) in [6.07, 6.45) is 6.85. The summed E-state index contributed by atoms with van der Waals surface area (Å²) in [5, 5.41) is 0. The highest BCUT2D eigenvalue weighted by Crippen LogP contribution is 2.28. The Bertz CT molecular complexity index is 502. The largest absolute Gasteiger partial charge is 0.493 e. The van der Waals surface area contributed by atoms with Crippen molar-refractivity contribution in [2.24, 2.45) is 0 Å². The number of hydrogen-bond acceptors (Lipinski definition) is 4. The molecule has 0 N–H and O–H groups in total. The number of ether oxygens (including phenoxy) is 2. The molecule has 4 nitrogen and oxygen atoms in total. The number of unbranched alkanes of at least 4 members (excludes halogenated alkanes) is 1. The first-order chi connectivity index (χ1) is 10.7. The maximum Gasteiger partial charge on any atom is 0.161 e. The molecule has 1 aromatic carbocycles. The Hall–Kier alpha value is -1.70. The van der Waals surface area contributed by atoms with Crippen LogP contribution in [-0.2, 0) is 6.54 Å². The predicted octanol–water partition coefficient (Wildman–Crippen LogP) is 2.23. The van der Waals surface area contributed by atoms with Crippen LogP contribution in [0.3, 0.4) is 0 Å². The number of piperazine rings is 1. The average molecular weight is 302 g/mol. The van der Waals surface area contributed by atoms with Crippen molar-refractivity contribution < 1.29 is 9.47 Å². The van der Waals surface area contributed by atoms with Crippen LogP contribution in [0, 0.1) is 12.3 Å². The van der Waals surface area contributed by atoms with Crippen molar-refractivity contribution in [3.8, 4) is 23.8 Å². The highest BCUT2D eigenvalue weighted by Gasteiger charge is 2.15. The van der Waals surface area contributed by atoms with Gasteiger partial charge in [-0.1, -0.05) is 6.07 Å². The average Bonchev–Trinajstić information content (AvgIpc) is 2.54. The first-order valence-corrected chi connectivity index (χ1v) is 7.87. The minimum atomic E-state index is 0.623. The summed E-state index contributed by atoms with van der Waals surface area (Å²) in [4.78, 5) is 4.84.